The summed E-state index contributed by atoms with van der Waals surface area (Å²) in [6.45, 7) is 0. The molecule has 0 fully saturated rings. The molecule has 0 spiro atoms. The SMILES string of the molecule is COc1ccc(OC)c(N=Cc2cc(Br)cc(Br)c2O)c1. The van der Waals surface area contributed by atoms with Crippen LogP contribution in [0.2, 0.25) is 0 Å². The number of hydrogen-bond donors (Lipinski definition) is 1. The molecule has 0 saturated carbocycles. The van der Waals surface area contributed by atoms with E-state index in [1.807, 2.05) is 0 Å². The van der Waals surface area contributed by atoms with Gasteiger partial charge in [-0.2, -0.15) is 0 Å². The van der Waals surface area contributed by atoms with Gasteiger partial charge in [0, 0.05) is 22.3 Å². The molecule has 110 valence electrons. The van der Waals surface area contributed by atoms with Gasteiger partial charge in [-0.3, -0.25) is 4.99 Å². The molecule has 0 unspecified atom stereocenters. The number of phenols is 1. The molecule has 2 aromatic carbocycles. The number of benzene rings is 2. The Morgan fingerprint density at radius 1 is 1.10 bits per heavy atom. The van der Waals surface area contributed by atoms with Crippen molar-refractivity contribution in [2.24, 2.45) is 4.99 Å². The maximum Gasteiger partial charge on any atom is 0.144 e. The Morgan fingerprint density at radius 3 is 2.52 bits per heavy atom. The Balaban J connectivity index is 2.41. The van der Waals surface area contributed by atoms with Crippen LogP contribution in [0.3, 0.4) is 0 Å². The molecule has 0 saturated heterocycles. The highest BCUT2D eigenvalue weighted by Gasteiger charge is 2.07. The van der Waals surface area contributed by atoms with E-state index in [-0.39, 0.29) is 5.75 Å². The van der Waals surface area contributed by atoms with Crippen molar-refractivity contribution in [1.82, 2.24) is 0 Å². The van der Waals surface area contributed by atoms with Crippen molar-refractivity contribution in [3.63, 3.8) is 0 Å². The highest BCUT2D eigenvalue weighted by atomic mass is 79.9. The molecule has 2 aromatic rings. The molecule has 0 aliphatic rings. The molecule has 0 aromatic heterocycles. The second-order valence-electron chi connectivity index (χ2n) is 4.12. The number of ether oxygens (including phenoxy) is 2. The molecule has 0 aliphatic carbocycles. The molecule has 0 atom stereocenters. The first-order valence-electron chi connectivity index (χ1n) is 5.99. The lowest BCUT2D eigenvalue weighted by Crippen LogP contribution is -1.88. The fourth-order valence-corrected chi connectivity index (χ4v) is 2.98. The largest absolute Gasteiger partial charge is 0.506 e. The number of aliphatic imine (C=N–C) groups is 1. The minimum Gasteiger partial charge on any atom is -0.506 e. The van der Waals surface area contributed by atoms with Gasteiger partial charge < -0.3 is 14.6 Å². The topological polar surface area (TPSA) is 51.0 Å². The van der Waals surface area contributed by atoms with Gasteiger partial charge in [-0.25, -0.2) is 0 Å². The van der Waals surface area contributed by atoms with E-state index in [9.17, 15) is 5.11 Å². The number of aromatic hydroxyl groups is 1. The summed E-state index contributed by atoms with van der Waals surface area (Å²) in [4.78, 5) is 4.37. The normalized spacial score (nSPS) is 10.9. The van der Waals surface area contributed by atoms with Gasteiger partial charge in [0.25, 0.3) is 0 Å². The van der Waals surface area contributed by atoms with Crippen molar-refractivity contribution in [2.45, 2.75) is 0 Å². The maximum atomic E-state index is 10.0. The van der Waals surface area contributed by atoms with E-state index >= 15 is 0 Å². The Bertz CT molecular complexity index is 687. The average Bonchev–Trinajstić information content (AvgIpc) is 2.49. The lowest BCUT2D eigenvalue weighted by molar-refractivity contribution is 0.404. The number of methoxy groups -OCH3 is 2. The van der Waals surface area contributed by atoms with Gasteiger partial charge in [-0.05, 0) is 40.2 Å². The third kappa shape index (κ3) is 3.77. The number of halogens is 2. The number of rotatable bonds is 4. The molecule has 0 radical (unpaired) electrons. The van der Waals surface area contributed by atoms with Crippen LogP contribution in [0.4, 0.5) is 5.69 Å². The minimum absolute atomic E-state index is 0.129. The third-order valence-corrected chi connectivity index (χ3v) is 3.85. The van der Waals surface area contributed by atoms with Crippen molar-refractivity contribution in [1.29, 1.82) is 0 Å². The number of phenolic OH excluding ortho intramolecular Hbond substituents is 1. The standard InChI is InChI=1S/C15H13Br2NO3/c1-20-11-3-4-14(21-2)13(7-11)18-8-9-5-10(16)6-12(17)15(9)19/h3-8,19H,1-2H3. The van der Waals surface area contributed by atoms with Crippen LogP contribution in [0.25, 0.3) is 0 Å². The summed E-state index contributed by atoms with van der Waals surface area (Å²) < 4.78 is 11.9. The smallest absolute Gasteiger partial charge is 0.144 e. The van der Waals surface area contributed by atoms with E-state index in [4.69, 9.17) is 9.47 Å². The summed E-state index contributed by atoms with van der Waals surface area (Å²) in [7, 11) is 3.17. The summed E-state index contributed by atoms with van der Waals surface area (Å²) in [5.41, 5.74) is 1.20. The zero-order valence-electron chi connectivity index (χ0n) is 11.4. The average molecular weight is 415 g/mol. The Morgan fingerprint density at radius 2 is 1.86 bits per heavy atom. The monoisotopic (exact) mass is 413 g/mol. The zero-order valence-corrected chi connectivity index (χ0v) is 14.6. The molecule has 0 amide bonds. The van der Waals surface area contributed by atoms with Gasteiger partial charge in [0.15, 0.2) is 0 Å². The summed E-state index contributed by atoms with van der Waals surface area (Å²) in [5, 5.41) is 10.0. The van der Waals surface area contributed by atoms with E-state index in [1.165, 1.54) is 0 Å². The molecule has 1 N–H and O–H groups in total. The molecule has 6 heteroatoms. The highest BCUT2D eigenvalue weighted by molar-refractivity contribution is 9.11. The maximum absolute atomic E-state index is 10.0. The van der Waals surface area contributed by atoms with Gasteiger partial charge in [0.1, 0.15) is 22.9 Å². The summed E-state index contributed by atoms with van der Waals surface area (Å²) >= 11 is 6.66. The van der Waals surface area contributed by atoms with Gasteiger partial charge in [-0.15, -0.1) is 0 Å². The molecular weight excluding hydrogens is 402 g/mol. The lowest BCUT2D eigenvalue weighted by Gasteiger charge is -2.07. The van der Waals surface area contributed by atoms with Crippen molar-refractivity contribution in [3.8, 4) is 17.2 Å². The van der Waals surface area contributed by atoms with Crippen LogP contribution in [0.1, 0.15) is 5.56 Å². The Labute approximate surface area is 139 Å². The van der Waals surface area contributed by atoms with E-state index in [2.05, 4.69) is 36.9 Å². The quantitative estimate of drug-likeness (QED) is 0.738. The van der Waals surface area contributed by atoms with E-state index in [0.29, 0.717) is 27.2 Å². The molecule has 2 rings (SSSR count). The molecule has 4 nitrogen and oxygen atoms in total. The second kappa shape index (κ2) is 6.95. The zero-order chi connectivity index (χ0) is 15.4. The van der Waals surface area contributed by atoms with Gasteiger partial charge in [0.05, 0.1) is 18.7 Å². The van der Waals surface area contributed by atoms with Crippen molar-refractivity contribution in [3.05, 3.63) is 44.8 Å². The minimum atomic E-state index is 0.129. The Hall–Kier alpha value is -1.53. The van der Waals surface area contributed by atoms with Gasteiger partial charge >= 0.3 is 0 Å². The molecule has 0 bridgehead atoms. The van der Waals surface area contributed by atoms with Crippen LogP contribution in [-0.2, 0) is 0 Å². The Kier molecular flexibility index (Phi) is 5.25. The van der Waals surface area contributed by atoms with Crippen molar-refractivity contribution in [2.75, 3.05) is 14.2 Å². The van der Waals surface area contributed by atoms with Crippen molar-refractivity contribution >= 4 is 43.8 Å². The number of nitrogens with zero attached hydrogens (tertiary/aromatic N) is 1. The third-order valence-electron chi connectivity index (χ3n) is 2.79. The fourth-order valence-electron chi connectivity index (χ4n) is 1.72. The fraction of sp³-hybridized carbons (Fsp3) is 0.133. The van der Waals surface area contributed by atoms with E-state index in [0.717, 1.165) is 4.47 Å². The van der Waals surface area contributed by atoms with Crippen LogP contribution in [0.5, 0.6) is 17.2 Å². The van der Waals surface area contributed by atoms with E-state index < -0.39 is 0 Å². The summed E-state index contributed by atoms with van der Waals surface area (Å²) in [5.74, 6) is 1.44. The van der Waals surface area contributed by atoms with Crippen LogP contribution in [0.15, 0.2) is 44.3 Å². The lowest BCUT2D eigenvalue weighted by atomic mass is 10.2. The van der Waals surface area contributed by atoms with Crippen LogP contribution >= 0.6 is 31.9 Å². The molecular formula is C15H13Br2NO3. The van der Waals surface area contributed by atoms with Gasteiger partial charge in [0.2, 0.25) is 0 Å². The van der Waals surface area contributed by atoms with Crippen LogP contribution in [0, 0.1) is 0 Å². The van der Waals surface area contributed by atoms with Crippen LogP contribution < -0.4 is 9.47 Å². The first-order valence-corrected chi connectivity index (χ1v) is 7.58. The molecule has 0 heterocycles. The first-order chi connectivity index (χ1) is 10.0. The summed E-state index contributed by atoms with van der Waals surface area (Å²) in [6, 6.07) is 8.88. The predicted octanol–water partition coefficient (Wildman–Crippen LogP) is 4.69. The molecule has 0 aliphatic heterocycles. The van der Waals surface area contributed by atoms with Gasteiger partial charge in [-0.1, -0.05) is 15.9 Å². The number of hydrogen-bond acceptors (Lipinski definition) is 4. The highest BCUT2D eigenvalue weighted by Crippen LogP contribution is 2.33. The van der Waals surface area contributed by atoms with Crippen molar-refractivity contribution < 1.29 is 14.6 Å². The predicted molar refractivity (Wildman–Crippen MR) is 90.3 cm³/mol. The van der Waals surface area contributed by atoms with Crippen LogP contribution in [-0.4, -0.2) is 25.5 Å². The van der Waals surface area contributed by atoms with E-state index in [1.54, 1.807) is 50.8 Å². The first kappa shape index (κ1) is 15.9. The molecule has 21 heavy (non-hydrogen) atoms. The summed E-state index contributed by atoms with van der Waals surface area (Å²) in [6.07, 6.45) is 1.57. The second-order valence-corrected chi connectivity index (χ2v) is 5.89.